The Hall–Kier alpha value is -3.15. The van der Waals surface area contributed by atoms with Crippen LogP contribution in [0.4, 0.5) is 0 Å². The third-order valence-electron chi connectivity index (χ3n) is 4.07. The summed E-state index contributed by atoms with van der Waals surface area (Å²) in [5, 5.41) is 8.19. The van der Waals surface area contributed by atoms with Gasteiger partial charge in [0.2, 0.25) is 5.88 Å². The highest BCUT2D eigenvalue weighted by Crippen LogP contribution is 2.29. The first-order valence-corrected chi connectivity index (χ1v) is 7.66. The molecule has 0 saturated carbocycles. The van der Waals surface area contributed by atoms with Gasteiger partial charge in [0.25, 0.3) is 0 Å². The lowest BCUT2D eigenvalue weighted by atomic mass is 10.0. The van der Waals surface area contributed by atoms with Crippen molar-refractivity contribution in [3.05, 3.63) is 54.2 Å². The summed E-state index contributed by atoms with van der Waals surface area (Å²) in [4.78, 5) is 8.94. The van der Waals surface area contributed by atoms with Gasteiger partial charge in [-0.25, -0.2) is 9.97 Å². The average Bonchev–Trinajstić information content (AvgIpc) is 3.23. The van der Waals surface area contributed by atoms with Crippen LogP contribution < -0.4 is 4.74 Å². The number of aromatic amines is 1. The minimum atomic E-state index is 0.565. The third-order valence-corrected chi connectivity index (χ3v) is 4.07. The number of aromatic nitrogens is 5. The lowest BCUT2D eigenvalue weighted by Gasteiger charge is -2.11. The Morgan fingerprint density at radius 3 is 2.79 bits per heavy atom. The summed E-state index contributed by atoms with van der Waals surface area (Å²) in [6.07, 6.45) is 5.53. The van der Waals surface area contributed by atoms with E-state index in [0.717, 1.165) is 39.1 Å². The second-order valence-corrected chi connectivity index (χ2v) is 5.77. The van der Waals surface area contributed by atoms with Crippen LogP contribution in [0, 0.1) is 13.8 Å². The molecule has 4 rings (SSSR count). The predicted octanol–water partition coefficient (Wildman–Crippen LogP) is 3.44. The second kappa shape index (κ2) is 5.49. The molecule has 0 unspecified atom stereocenters. The van der Waals surface area contributed by atoms with Gasteiger partial charge in [0.1, 0.15) is 5.69 Å². The first kappa shape index (κ1) is 14.4. The van der Waals surface area contributed by atoms with Crippen LogP contribution in [0.1, 0.15) is 11.3 Å². The first-order chi connectivity index (χ1) is 11.7. The molecule has 0 spiro atoms. The molecular formula is C18H17N5O. The molecule has 0 aliphatic carbocycles. The average molecular weight is 319 g/mol. The van der Waals surface area contributed by atoms with E-state index in [9.17, 15) is 0 Å². The molecule has 6 heteroatoms. The molecule has 0 amide bonds. The van der Waals surface area contributed by atoms with Crippen molar-refractivity contribution < 1.29 is 4.74 Å². The van der Waals surface area contributed by atoms with E-state index in [0.29, 0.717) is 5.88 Å². The smallest absolute Gasteiger partial charge is 0.238 e. The number of hydrogen-bond donors (Lipinski definition) is 1. The van der Waals surface area contributed by atoms with Gasteiger partial charge in [0.05, 0.1) is 36.5 Å². The number of nitrogens with one attached hydrogen (secondary N) is 1. The maximum Gasteiger partial charge on any atom is 0.238 e. The van der Waals surface area contributed by atoms with Crippen molar-refractivity contribution in [1.29, 1.82) is 0 Å². The summed E-state index contributed by atoms with van der Waals surface area (Å²) >= 11 is 0. The van der Waals surface area contributed by atoms with E-state index in [4.69, 9.17) is 4.74 Å². The van der Waals surface area contributed by atoms with E-state index >= 15 is 0 Å². The Kier molecular flexibility index (Phi) is 3.30. The van der Waals surface area contributed by atoms with Crippen LogP contribution in [0.25, 0.3) is 27.8 Å². The van der Waals surface area contributed by atoms with Crippen LogP contribution in [-0.2, 0) is 0 Å². The molecule has 1 N–H and O–H groups in total. The van der Waals surface area contributed by atoms with Crippen LogP contribution in [0.15, 0.2) is 43.0 Å². The number of methoxy groups -OCH3 is 1. The van der Waals surface area contributed by atoms with Crippen molar-refractivity contribution in [2.75, 3.05) is 7.11 Å². The van der Waals surface area contributed by atoms with Crippen LogP contribution in [0.2, 0.25) is 0 Å². The van der Waals surface area contributed by atoms with Gasteiger partial charge in [-0.05, 0) is 43.7 Å². The van der Waals surface area contributed by atoms with Gasteiger partial charge >= 0.3 is 0 Å². The highest BCUT2D eigenvalue weighted by atomic mass is 16.5. The molecule has 0 aliphatic heterocycles. The summed E-state index contributed by atoms with van der Waals surface area (Å²) in [5.41, 5.74) is 5.89. The van der Waals surface area contributed by atoms with E-state index < -0.39 is 0 Å². The number of nitrogens with zero attached hydrogens (tertiary/aromatic N) is 4. The van der Waals surface area contributed by atoms with Gasteiger partial charge in [-0.3, -0.25) is 5.10 Å². The first-order valence-electron chi connectivity index (χ1n) is 7.66. The Morgan fingerprint density at radius 2 is 2.04 bits per heavy atom. The minimum absolute atomic E-state index is 0.565. The third kappa shape index (κ3) is 2.32. The minimum Gasteiger partial charge on any atom is -0.479 e. The summed E-state index contributed by atoms with van der Waals surface area (Å²) in [6, 6.07) is 8.17. The number of imidazole rings is 1. The fraction of sp³-hybridized carbons (Fsp3) is 0.167. The zero-order chi connectivity index (χ0) is 16.7. The molecule has 4 aromatic rings. The molecule has 24 heavy (non-hydrogen) atoms. The van der Waals surface area contributed by atoms with Crippen molar-refractivity contribution in [1.82, 2.24) is 24.7 Å². The molecule has 6 nitrogen and oxygen atoms in total. The Bertz CT molecular complexity index is 1030. The molecular weight excluding hydrogens is 302 g/mol. The van der Waals surface area contributed by atoms with Crippen molar-refractivity contribution in [2.45, 2.75) is 13.8 Å². The number of benzene rings is 1. The van der Waals surface area contributed by atoms with E-state index in [1.165, 1.54) is 0 Å². The fourth-order valence-corrected chi connectivity index (χ4v) is 2.88. The van der Waals surface area contributed by atoms with Gasteiger partial charge < -0.3 is 9.30 Å². The monoisotopic (exact) mass is 319 g/mol. The lowest BCUT2D eigenvalue weighted by molar-refractivity contribution is 0.396. The largest absolute Gasteiger partial charge is 0.479 e. The normalized spacial score (nSPS) is 11.1. The van der Waals surface area contributed by atoms with Crippen LogP contribution in [0.5, 0.6) is 5.88 Å². The Morgan fingerprint density at radius 1 is 1.17 bits per heavy atom. The number of ether oxygens (including phenoxy) is 1. The summed E-state index contributed by atoms with van der Waals surface area (Å²) in [6.45, 7) is 4.01. The number of rotatable bonds is 3. The van der Waals surface area contributed by atoms with Gasteiger partial charge in [-0.1, -0.05) is 0 Å². The molecule has 120 valence electrons. The molecule has 3 aromatic heterocycles. The molecule has 0 fully saturated rings. The second-order valence-electron chi connectivity index (χ2n) is 5.77. The van der Waals surface area contributed by atoms with Crippen molar-refractivity contribution in [3.63, 3.8) is 0 Å². The Labute approximate surface area is 139 Å². The fourth-order valence-electron chi connectivity index (χ4n) is 2.88. The topological polar surface area (TPSA) is 68.6 Å². The highest BCUT2D eigenvalue weighted by Gasteiger charge is 2.11. The van der Waals surface area contributed by atoms with Crippen LogP contribution in [0.3, 0.4) is 0 Å². The van der Waals surface area contributed by atoms with Crippen molar-refractivity contribution in [2.24, 2.45) is 0 Å². The van der Waals surface area contributed by atoms with E-state index in [-0.39, 0.29) is 0 Å². The SMILES string of the molecule is COc1nc(-c2cc(C)c3[nH]ncc3c2)ccc1-n1cnc(C)c1. The maximum absolute atomic E-state index is 5.50. The summed E-state index contributed by atoms with van der Waals surface area (Å²) in [7, 11) is 1.63. The molecule has 0 radical (unpaired) electrons. The summed E-state index contributed by atoms with van der Waals surface area (Å²) < 4.78 is 7.41. The predicted molar refractivity (Wildman–Crippen MR) is 92.5 cm³/mol. The molecule has 1 aromatic carbocycles. The number of H-pyrrole nitrogens is 1. The van der Waals surface area contributed by atoms with E-state index in [2.05, 4.69) is 39.2 Å². The Balaban J connectivity index is 1.83. The van der Waals surface area contributed by atoms with Gasteiger partial charge in [-0.2, -0.15) is 5.10 Å². The maximum atomic E-state index is 5.50. The number of fused-ring (bicyclic) bond motifs is 1. The highest BCUT2D eigenvalue weighted by molar-refractivity contribution is 5.86. The zero-order valence-corrected chi connectivity index (χ0v) is 13.7. The van der Waals surface area contributed by atoms with Crippen LogP contribution >= 0.6 is 0 Å². The standard InChI is InChI=1S/C18H17N5O/c1-11-6-13(7-14-8-20-22-17(11)14)15-4-5-16(18(21-15)24-3)23-9-12(2)19-10-23/h4-10H,1-3H3,(H,20,22). The van der Waals surface area contributed by atoms with Crippen molar-refractivity contribution in [3.8, 4) is 22.8 Å². The molecule has 3 heterocycles. The number of pyridine rings is 1. The van der Waals surface area contributed by atoms with Crippen molar-refractivity contribution >= 4 is 10.9 Å². The van der Waals surface area contributed by atoms with Gasteiger partial charge in [0.15, 0.2) is 0 Å². The lowest BCUT2D eigenvalue weighted by Crippen LogP contribution is -1.99. The summed E-state index contributed by atoms with van der Waals surface area (Å²) in [5.74, 6) is 0.565. The number of aryl methyl sites for hydroxylation is 2. The van der Waals surface area contributed by atoms with Gasteiger partial charge in [-0.15, -0.1) is 0 Å². The van der Waals surface area contributed by atoms with E-state index in [1.807, 2.05) is 36.0 Å². The molecule has 0 atom stereocenters. The molecule has 0 aliphatic rings. The molecule has 0 bridgehead atoms. The quantitative estimate of drug-likeness (QED) is 0.628. The van der Waals surface area contributed by atoms with E-state index in [1.54, 1.807) is 13.4 Å². The van der Waals surface area contributed by atoms with Gasteiger partial charge in [0, 0.05) is 17.1 Å². The van der Waals surface area contributed by atoms with Crippen LogP contribution in [-0.4, -0.2) is 31.8 Å². The zero-order valence-electron chi connectivity index (χ0n) is 13.7. The number of hydrogen-bond acceptors (Lipinski definition) is 4. The molecule has 0 saturated heterocycles.